The highest BCUT2D eigenvalue weighted by molar-refractivity contribution is 5.78. The van der Waals surface area contributed by atoms with Crippen LogP contribution < -0.4 is 20.5 Å². The van der Waals surface area contributed by atoms with Gasteiger partial charge >= 0.3 is 0 Å². The molecule has 0 fully saturated rings. The van der Waals surface area contributed by atoms with E-state index in [0.29, 0.717) is 11.5 Å². The molecule has 128 valence electrons. The molecule has 3 N–H and O–H groups in total. The number of hydrogen-bond acceptors (Lipinski definition) is 4. The molecule has 1 amide bonds. The van der Waals surface area contributed by atoms with Crippen molar-refractivity contribution in [2.24, 2.45) is 5.73 Å². The maximum atomic E-state index is 11.9. The first kappa shape index (κ1) is 17.8. The van der Waals surface area contributed by atoms with Gasteiger partial charge in [-0.25, -0.2) is 0 Å². The van der Waals surface area contributed by atoms with Gasteiger partial charge < -0.3 is 20.5 Å². The Kier molecular flexibility index (Phi) is 6.21. The molecule has 2 aromatic rings. The largest absolute Gasteiger partial charge is 0.493 e. The Labute approximate surface area is 142 Å². The second kappa shape index (κ2) is 8.36. The third kappa shape index (κ3) is 4.06. The van der Waals surface area contributed by atoms with Crippen molar-refractivity contribution in [3.05, 3.63) is 59.7 Å². The van der Waals surface area contributed by atoms with Crippen LogP contribution in [0, 0.1) is 0 Å². The molecule has 5 nitrogen and oxygen atoms in total. The molecule has 0 spiro atoms. The van der Waals surface area contributed by atoms with Gasteiger partial charge in [0.2, 0.25) is 5.91 Å². The first-order chi connectivity index (χ1) is 11.6. The maximum absolute atomic E-state index is 11.9. The summed E-state index contributed by atoms with van der Waals surface area (Å²) in [7, 11) is 3.19. The third-order valence-corrected chi connectivity index (χ3v) is 4.09. The quantitative estimate of drug-likeness (QED) is 0.819. The minimum absolute atomic E-state index is 0.0503. The Morgan fingerprint density at radius 2 is 1.71 bits per heavy atom. The van der Waals surface area contributed by atoms with E-state index in [1.54, 1.807) is 14.2 Å². The SMILES string of the molecule is COc1ccc(C(NC(=O)CN)C(C)c2ccccc2)cc1OC. The summed E-state index contributed by atoms with van der Waals surface area (Å²) in [5.41, 5.74) is 7.55. The van der Waals surface area contributed by atoms with Crippen LogP contribution in [0.2, 0.25) is 0 Å². The zero-order chi connectivity index (χ0) is 17.5. The molecular weight excluding hydrogens is 304 g/mol. The van der Waals surface area contributed by atoms with Crippen LogP contribution in [0.25, 0.3) is 0 Å². The number of amides is 1. The van der Waals surface area contributed by atoms with Crippen molar-refractivity contribution in [2.75, 3.05) is 20.8 Å². The Morgan fingerprint density at radius 3 is 2.29 bits per heavy atom. The van der Waals surface area contributed by atoms with E-state index >= 15 is 0 Å². The van der Waals surface area contributed by atoms with Gasteiger partial charge in [0.05, 0.1) is 26.8 Å². The van der Waals surface area contributed by atoms with Crippen LogP contribution in [0.1, 0.15) is 30.0 Å². The minimum atomic E-state index is -0.219. The first-order valence-electron chi connectivity index (χ1n) is 7.87. The molecule has 2 aromatic carbocycles. The molecule has 0 aliphatic carbocycles. The minimum Gasteiger partial charge on any atom is -0.493 e. The number of carbonyl (C=O) groups is 1. The number of hydrogen-bond donors (Lipinski definition) is 2. The molecular formula is C19H24N2O3. The van der Waals surface area contributed by atoms with E-state index in [-0.39, 0.29) is 24.4 Å². The van der Waals surface area contributed by atoms with E-state index in [4.69, 9.17) is 15.2 Å². The van der Waals surface area contributed by atoms with Gasteiger partial charge in [0.25, 0.3) is 0 Å². The summed E-state index contributed by atoms with van der Waals surface area (Å²) >= 11 is 0. The van der Waals surface area contributed by atoms with Gasteiger partial charge in [0, 0.05) is 5.92 Å². The van der Waals surface area contributed by atoms with Crippen LogP contribution in [0.15, 0.2) is 48.5 Å². The zero-order valence-corrected chi connectivity index (χ0v) is 14.3. The van der Waals surface area contributed by atoms with Gasteiger partial charge in [-0.3, -0.25) is 4.79 Å². The highest BCUT2D eigenvalue weighted by Gasteiger charge is 2.23. The molecule has 0 aromatic heterocycles. The summed E-state index contributed by atoms with van der Waals surface area (Å²) in [5.74, 6) is 1.15. The standard InChI is InChI=1S/C19H24N2O3/c1-13(14-7-5-4-6-8-14)19(21-18(22)12-20)15-9-10-16(23-2)17(11-15)24-3/h4-11,13,19H,12,20H2,1-3H3,(H,21,22). The average molecular weight is 328 g/mol. The van der Waals surface area contributed by atoms with Crippen molar-refractivity contribution in [3.8, 4) is 11.5 Å². The number of nitrogens with one attached hydrogen (secondary N) is 1. The van der Waals surface area contributed by atoms with Crippen LogP contribution in [0.3, 0.4) is 0 Å². The molecule has 0 saturated carbocycles. The summed E-state index contributed by atoms with van der Waals surface area (Å²) in [5, 5.41) is 3.01. The van der Waals surface area contributed by atoms with Crippen molar-refractivity contribution in [1.29, 1.82) is 0 Å². The summed E-state index contributed by atoms with van der Waals surface area (Å²) in [4.78, 5) is 11.9. The number of carbonyl (C=O) groups excluding carboxylic acids is 1. The highest BCUT2D eigenvalue weighted by atomic mass is 16.5. The first-order valence-corrected chi connectivity index (χ1v) is 7.87. The Morgan fingerprint density at radius 1 is 1.04 bits per heavy atom. The van der Waals surface area contributed by atoms with E-state index in [1.807, 2.05) is 48.5 Å². The lowest BCUT2D eigenvalue weighted by molar-refractivity contribution is -0.120. The van der Waals surface area contributed by atoms with Gasteiger partial charge in [-0.2, -0.15) is 0 Å². The summed E-state index contributed by atoms with van der Waals surface area (Å²) < 4.78 is 10.7. The van der Waals surface area contributed by atoms with Crippen LogP contribution in [0.5, 0.6) is 11.5 Å². The molecule has 5 heteroatoms. The smallest absolute Gasteiger partial charge is 0.234 e. The maximum Gasteiger partial charge on any atom is 0.234 e. The predicted molar refractivity (Wildman–Crippen MR) is 94.3 cm³/mol. The van der Waals surface area contributed by atoms with Crippen molar-refractivity contribution in [1.82, 2.24) is 5.32 Å². The Hall–Kier alpha value is -2.53. The fourth-order valence-electron chi connectivity index (χ4n) is 2.72. The number of methoxy groups -OCH3 is 2. The van der Waals surface area contributed by atoms with E-state index in [2.05, 4.69) is 12.2 Å². The fraction of sp³-hybridized carbons (Fsp3) is 0.316. The van der Waals surface area contributed by atoms with Crippen molar-refractivity contribution in [2.45, 2.75) is 18.9 Å². The predicted octanol–water partition coefficient (Wildman–Crippen LogP) is 2.62. The summed E-state index contributed by atoms with van der Waals surface area (Å²) in [6, 6.07) is 15.5. The van der Waals surface area contributed by atoms with Crippen LogP contribution in [-0.4, -0.2) is 26.7 Å². The van der Waals surface area contributed by atoms with Crippen molar-refractivity contribution < 1.29 is 14.3 Å². The molecule has 2 rings (SSSR count). The van der Waals surface area contributed by atoms with Gasteiger partial charge in [-0.15, -0.1) is 0 Å². The molecule has 24 heavy (non-hydrogen) atoms. The van der Waals surface area contributed by atoms with Gasteiger partial charge in [-0.05, 0) is 23.3 Å². The normalized spacial score (nSPS) is 13.0. The Balaban J connectivity index is 2.40. The molecule has 2 atom stereocenters. The molecule has 0 aliphatic heterocycles. The molecule has 0 bridgehead atoms. The molecule has 0 saturated heterocycles. The summed E-state index contributed by atoms with van der Waals surface area (Å²) in [6.07, 6.45) is 0. The van der Waals surface area contributed by atoms with E-state index in [1.165, 1.54) is 0 Å². The topological polar surface area (TPSA) is 73.6 Å². The van der Waals surface area contributed by atoms with E-state index in [9.17, 15) is 4.79 Å². The fourth-order valence-corrected chi connectivity index (χ4v) is 2.72. The third-order valence-electron chi connectivity index (χ3n) is 4.09. The zero-order valence-electron chi connectivity index (χ0n) is 14.3. The number of benzene rings is 2. The van der Waals surface area contributed by atoms with Crippen LogP contribution in [0.4, 0.5) is 0 Å². The van der Waals surface area contributed by atoms with E-state index < -0.39 is 0 Å². The number of ether oxygens (including phenoxy) is 2. The number of rotatable bonds is 7. The molecule has 0 aliphatic rings. The second-order valence-electron chi connectivity index (χ2n) is 5.56. The second-order valence-corrected chi connectivity index (χ2v) is 5.56. The van der Waals surface area contributed by atoms with Crippen molar-refractivity contribution in [3.63, 3.8) is 0 Å². The number of nitrogens with two attached hydrogens (primary N) is 1. The van der Waals surface area contributed by atoms with Gasteiger partial charge in [0.1, 0.15) is 0 Å². The lowest BCUT2D eigenvalue weighted by atomic mass is 9.88. The molecule has 2 unspecified atom stereocenters. The summed E-state index contributed by atoms with van der Waals surface area (Å²) in [6.45, 7) is 2.03. The van der Waals surface area contributed by atoms with Crippen LogP contribution >= 0.6 is 0 Å². The highest BCUT2D eigenvalue weighted by Crippen LogP contribution is 2.35. The lowest BCUT2D eigenvalue weighted by Crippen LogP contribution is -2.36. The molecule has 0 heterocycles. The average Bonchev–Trinajstić information content (AvgIpc) is 2.65. The van der Waals surface area contributed by atoms with Gasteiger partial charge in [0.15, 0.2) is 11.5 Å². The van der Waals surface area contributed by atoms with Crippen LogP contribution in [-0.2, 0) is 4.79 Å². The monoisotopic (exact) mass is 328 g/mol. The van der Waals surface area contributed by atoms with Gasteiger partial charge in [-0.1, -0.05) is 43.3 Å². The molecule has 0 radical (unpaired) electrons. The lowest BCUT2D eigenvalue weighted by Gasteiger charge is -2.26. The Bertz CT molecular complexity index is 674. The van der Waals surface area contributed by atoms with Crippen molar-refractivity contribution >= 4 is 5.91 Å². The van der Waals surface area contributed by atoms with E-state index in [0.717, 1.165) is 11.1 Å².